The van der Waals surface area contributed by atoms with Crippen molar-refractivity contribution in [1.82, 2.24) is 0 Å². The van der Waals surface area contributed by atoms with Gasteiger partial charge in [-0.15, -0.1) is 0 Å². The molecule has 1 aromatic heterocycles. The number of Topliss-reactive ketones (excluding diaryl/α,β-unsaturated/α-hetero) is 1. The summed E-state index contributed by atoms with van der Waals surface area (Å²) >= 11 is 0. The number of furan rings is 1. The van der Waals surface area contributed by atoms with Gasteiger partial charge in [0.25, 0.3) is 0 Å². The Bertz CT molecular complexity index is 322. The van der Waals surface area contributed by atoms with E-state index in [9.17, 15) is 18.0 Å². The molecule has 0 bridgehead atoms. The van der Waals surface area contributed by atoms with E-state index in [1.165, 1.54) is 6.07 Å². The number of carbonyl (C=O) groups is 1. The van der Waals surface area contributed by atoms with E-state index in [0.29, 0.717) is 0 Å². The van der Waals surface area contributed by atoms with Crippen LogP contribution in [-0.4, -0.2) is 12.0 Å². The Morgan fingerprint density at radius 1 is 1.46 bits per heavy atom. The summed E-state index contributed by atoms with van der Waals surface area (Å²) in [6.07, 6.45) is -3.58. The van der Waals surface area contributed by atoms with Gasteiger partial charge < -0.3 is 4.42 Å². The summed E-state index contributed by atoms with van der Waals surface area (Å²) in [5.74, 6) is -1.60. The summed E-state index contributed by atoms with van der Waals surface area (Å²) in [6.45, 7) is 2.65. The van der Waals surface area contributed by atoms with Crippen LogP contribution in [0.15, 0.2) is 35.0 Å². The second kappa shape index (κ2) is 3.08. The molecule has 0 unspecified atom stereocenters. The molecule has 0 aromatic carbocycles. The number of hydrogen-bond donors (Lipinski definition) is 0. The van der Waals surface area contributed by atoms with Crippen molar-refractivity contribution in [2.24, 2.45) is 0 Å². The smallest absolute Gasteiger partial charge is 0.419 e. The van der Waals surface area contributed by atoms with E-state index in [1.807, 2.05) is 0 Å². The number of hydrogen-bond acceptors (Lipinski definition) is 2. The number of ketones is 1. The Hall–Kier alpha value is -1.52. The molecule has 0 radical (unpaired) electrons. The lowest BCUT2D eigenvalue weighted by atomic mass is 10.1. The van der Waals surface area contributed by atoms with Gasteiger partial charge in [-0.3, -0.25) is 4.79 Å². The van der Waals surface area contributed by atoms with Gasteiger partial charge in [0, 0.05) is 0 Å². The lowest BCUT2D eigenvalue weighted by Crippen LogP contribution is -2.18. The minimum Gasteiger partial charge on any atom is -0.461 e. The van der Waals surface area contributed by atoms with Crippen molar-refractivity contribution >= 4 is 5.78 Å². The lowest BCUT2D eigenvalue weighted by molar-refractivity contribution is -0.0885. The first-order chi connectivity index (χ1) is 5.93. The van der Waals surface area contributed by atoms with Crippen LogP contribution in [0, 0.1) is 0 Å². The number of rotatable bonds is 2. The fourth-order valence-electron chi connectivity index (χ4n) is 0.685. The van der Waals surface area contributed by atoms with Gasteiger partial charge in [-0.25, -0.2) is 0 Å². The molecule has 0 saturated carbocycles. The predicted octanol–water partition coefficient (Wildman–Crippen LogP) is 2.58. The molecule has 0 fully saturated rings. The second-order valence-corrected chi connectivity index (χ2v) is 2.28. The normalized spacial score (nSPS) is 11.3. The molecule has 0 saturated heterocycles. The maximum Gasteiger partial charge on any atom is 0.419 e. The van der Waals surface area contributed by atoms with Crippen molar-refractivity contribution in [2.45, 2.75) is 6.18 Å². The van der Waals surface area contributed by atoms with Crippen molar-refractivity contribution < 1.29 is 22.4 Å². The summed E-state index contributed by atoms with van der Waals surface area (Å²) in [7, 11) is 0. The largest absolute Gasteiger partial charge is 0.461 e. The Morgan fingerprint density at radius 3 is 2.46 bits per heavy atom. The average molecular weight is 190 g/mol. The van der Waals surface area contributed by atoms with Gasteiger partial charge in [0.05, 0.1) is 11.8 Å². The summed E-state index contributed by atoms with van der Waals surface area (Å²) in [6, 6.07) is 2.48. The maximum atomic E-state index is 11.9. The van der Waals surface area contributed by atoms with E-state index in [0.717, 1.165) is 12.3 Å². The molecule has 0 aliphatic carbocycles. The van der Waals surface area contributed by atoms with Gasteiger partial charge in [0.2, 0.25) is 5.78 Å². The molecule has 1 aromatic rings. The van der Waals surface area contributed by atoms with Gasteiger partial charge in [-0.05, 0) is 12.1 Å². The molecule has 0 aliphatic rings. The van der Waals surface area contributed by atoms with Gasteiger partial charge in [-0.1, -0.05) is 6.58 Å². The Kier molecular flexibility index (Phi) is 2.27. The molecule has 1 rings (SSSR count). The minimum absolute atomic E-state index is 0.359. The number of allylic oxidation sites excluding steroid dienone is 1. The van der Waals surface area contributed by atoms with Crippen LogP contribution < -0.4 is 0 Å². The van der Waals surface area contributed by atoms with Crippen LogP contribution in [0.5, 0.6) is 0 Å². The van der Waals surface area contributed by atoms with Crippen molar-refractivity contribution in [3.8, 4) is 0 Å². The molecule has 5 heteroatoms. The zero-order chi connectivity index (χ0) is 10.1. The molecular formula is C8H5F3O2. The van der Waals surface area contributed by atoms with E-state index < -0.39 is 17.5 Å². The maximum absolute atomic E-state index is 11.9. The number of carbonyl (C=O) groups excluding carboxylic acids is 1. The lowest BCUT2D eigenvalue weighted by Gasteiger charge is -2.06. The Balaban J connectivity index is 2.88. The van der Waals surface area contributed by atoms with E-state index in [1.54, 1.807) is 0 Å². The molecule has 1 heterocycles. The van der Waals surface area contributed by atoms with Crippen molar-refractivity contribution in [2.75, 3.05) is 0 Å². The summed E-state index contributed by atoms with van der Waals surface area (Å²) in [4.78, 5) is 10.9. The SMILES string of the molecule is C=C(C(=O)c1ccco1)C(F)(F)F. The van der Waals surface area contributed by atoms with Crippen LogP contribution in [0.4, 0.5) is 13.2 Å². The van der Waals surface area contributed by atoms with Crippen LogP contribution in [0.2, 0.25) is 0 Å². The predicted molar refractivity (Wildman–Crippen MR) is 38.2 cm³/mol. The number of alkyl halides is 3. The highest BCUT2D eigenvalue weighted by molar-refractivity contribution is 6.07. The third-order valence-electron chi connectivity index (χ3n) is 1.36. The van der Waals surface area contributed by atoms with Crippen LogP contribution in [0.3, 0.4) is 0 Å². The third kappa shape index (κ3) is 1.99. The van der Waals surface area contributed by atoms with Crippen LogP contribution >= 0.6 is 0 Å². The molecule has 13 heavy (non-hydrogen) atoms. The Labute approximate surface area is 71.7 Å². The van der Waals surface area contributed by atoms with Crippen molar-refractivity contribution in [3.05, 3.63) is 36.3 Å². The molecule has 2 nitrogen and oxygen atoms in total. The van der Waals surface area contributed by atoms with Crippen molar-refractivity contribution in [3.63, 3.8) is 0 Å². The highest BCUT2D eigenvalue weighted by atomic mass is 19.4. The first kappa shape index (κ1) is 9.57. The van der Waals surface area contributed by atoms with Crippen LogP contribution in [0.1, 0.15) is 10.6 Å². The van der Waals surface area contributed by atoms with Gasteiger partial charge in [-0.2, -0.15) is 13.2 Å². The van der Waals surface area contributed by atoms with Gasteiger partial charge in [0.1, 0.15) is 0 Å². The highest BCUT2D eigenvalue weighted by Gasteiger charge is 2.37. The second-order valence-electron chi connectivity index (χ2n) is 2.28. The molecule has 0 atom stereocenters. The highest BCUT2D eigenvalue weighted by Crippen LogP contribution is 2.26. The number of halogens is 3. The molecule has 0 spiro atoms. The molecule has 0 amide bonds. The summed E-state index contributed by atoms with van der Waals surface area (Å²) < 4.78 is 40.3. The quantitative estimate of drug-likeness (QED) is 0.530. The molecule has 0 aliphatic heterocycles. The fraction of sp³-hybridized carbons (Fsp3) is 0.125. The van der Waals surface area contributed by atoms with E-state index in [-0.39, 0.29) is 5.76 Å². The molecule has 70 valence electrons. The van der Waals surface area contributed by atoms with Gasteiger partial charge >= 0.3 is 6.18 Å². The zero-order valence-corrected chi connectivity index (χ0v) is 6.39. The third-order valence-corrected chi connectivity index (χ3v) is 1.36. The summed E-state index contributed by atoms with van der Waals surface area (Å²) in [5.41, 5.74) is -1.43. The monoisotopic (exact) mass is 190 g/mol. The van der Waals surface area contributed by atoms with E-state index in [4.69, 9.17) is 0 Å². The van der Waals surface area contributed by atoms with E-state index in [2.05, 4.69) is 11.0 Å². The fourth-order valence-corrected chi connectivity index (χ4v) is 0.685. The molecular weight excluding hydrogens is 185 g/mol. The van der Waals surface area contributed by atoms with Crippen LogP contribution in [0.25, 0.3) is 0 Å². The van der Waals surface area contributed by atoms with Gasteiger partial charge in [0.15, 0.2) is 5.76 Å². The standard InChI is InChI=1S/C8H5F3O2/c1-5(8(9,10)11)7(12)6-3-2-4-13-6/h2-4H,1H2. The first-order valence-electron chi connectivity index (χ1n) is 3.27. The zero-order valence-electron chi connectivity index (χ0n) is 6.39. The molecule has 0 N–H and O–H groups in total. The topological polar surface area (TPSA) is 30.2 Å². The van der Waals surface area contributed by atoms with Crippen LogP contribution in [-0.2, 0) is 0 Å². The Morgan fingerprint density at radius 2 is 2.08 bits per heavy atom. The van der Waals surface area contributed by atoms with Crippen molar-refractivity contribution in [1.29, 1.82) is 0 Å². The minimum atomic E-state index is -4.70. The first-order valence-corrected chi connectivity index (χ1v) is 3.27. The average Bonchev–Trinajstić information content (AvgIpc) is 2.51. The summed E-state index contributed by atoms with van der Waals surface area (Å²) in [5, 5.41) is 0. The van der Waals surface area contributed by atoms with E-state index >= 15 is 0 Å².